The number of imidazole rings is 1. The molecule has 32 heavy (non-hydrogen) atoms. The molecule has 1 atom stereocenters. The van der Waals surface area contributed by atoms with Crippen LogP contribution in [-0.4, -0.2) is 48.9 Å². The number of carbonyl (C=O) groups excluding carboxylic acids is 2. The van der Waals surface area contributed by atoms with Gasteiger partial charge in [0.2, 0.25) is 5.91 Å². The molecule has 0 bridgehead atoms. The van der Waals surface area contributed by atoms with Crippen LogP contribution in [0.25, 0.3) is 11.0 Å². The lowest BCUT2D eigenvalue weighted by atomic mass is 9.96. The van der Waals surface area contributed by atoms with Crippen molar-refractivity contribution in [1.82, 2.24) is 24.0 Å². The number of likely N-dealkylation sites (tertiary alicyclic amines) is 1. The molecule has 0 aliphatic carbocycles. The third-order valence-corrected chi connectivity index (χ3v) is 6.37. The van der Waals surface area contributed by atoms with Crippen molar-refractivity contribution in [2.75, 3.05) is 13.1 Å². The summed E-state index contributed by atoms with van der Waals surface area (Å²) in [7, 11) is 3.51. The van der Waals surface area contributed by atoms with Gasteiger partial charge >= 0.3 is 5.69 Å². The first-order valence-corrected chi connectivity index (χ1v) is 10.8. The van der Waals surface area contributed by atoms with Crippen molar-refractivity contribution >= 4 is 22.8 Å². The second kappa shape index (κ2) is 8.57. The van der Waals surface area contributed by atoms with Gasteiger partial charge in [0.25, 0.3) is 5.91 Å². The Morgan fingerprint density at radius 2 is 1.94 bits per heavy atom. The highest BCUT2D eigenvalue weighted by atomic mass is 16.2. The summed E-state index contributed by atoms with van der Waals surface area (Å²) in [5.41, 5.74) is 8.95. The van der Waals surface area contributed by atoms with Gasteiger partial charge in [0, 0.05) is 45.7 Å². The van der Waals surface area contributed by atoms with Crippen molar-refractivity contribution in [2.45, 2.75) is 38.5 Å². The molecule has 0 radical (unpaired) electrons. The standard InChI is InChI=1S/C23H28N6O3/c1-14-17(21(24)31)12-25-22(26-14)16-5-4-10-29(13-16)20(30)9-7-15-6-8-18-19(11-15)28(3)23(32)27(18)2/h6,8,11-12,16H,4-5,7,9-10,13H2,1-3H3,(H2,24,31)/t16-/m1/s1. The molecule has 2 N–H and O–H groups in total. The maximum absolute atomic E-state index is 12.9. The maximum Gasteiger partial charge on any atom is 0.328 e. The maximum atomic E-state index is 12.9. The third kappa shape index (κ3) is 4.02. The minimum absolute atomic E-state index is 0.0449. The summed E-state index contributed by atoms with van der Waals surface area (Å²) in [4.78, 5) is 47.1. The number of nitrogens with two attached hydrogens (primary N) is 1. The highest BCUT2D eigenvalue weighted by Gasteiger charge is 2.27. The van der Waals surface area contributed by atoms with E-state index in [0.29, 0.717) is 36.5 Å². The van der Waals surface area contributed by atoms with E-state index in [1.165, 1.54) is 6.20 Å². The van der Waals surface area contributed by atoms with Crippen LogP contribution >= 0.6 is 0 Å². The van der Waals surface area contributed by atoms with Crippen molar-refractivity contribution in [2.24, 2.45) is 19.8 Å². The minimum atomic E-state index is -0.539. The van der Waals surface area contributed by atoms with Gasteiger partial charge in [-0.05, 0) is 43.9 Å². The van der Waals surface area contributed by atoms with E-state index in [9.17, 15) is 14.4 Å². The summed E-state index contributed by atoms with van der Waals surface area (Å²) in [6, 6.07) is 5.90. The summed E-state index contributed by atoms with van der Waals surface area (Å²) in [5, 5.41) is 0. The minimum Gasteiger partial charge on any atom is -0.365 e. The Kier molecular flexibility index (Phi) is 5.82. The molecule has 1 aliphatic heterocycles. The van der Waals surface area contributed by atoms with E-state index >= 15 is 0 Å². The smallest absolute Gasteiger partial charge is 0.328 e. The van der Waals surface area contributed by atoms with Crippen LogP contribution in [0.2, 0.25) is 0 Å². The Balaban J connectivity index is 1.42. The number of piperidine rings is 1. The average Bonchev–Trinajstić information content (AvgIpc) is 3.00. The number of hydrogen-bond acceptors (Lipinski definition) is 5. The van der Waals surface area contributed by atoms with Gasteiger partial charge in [-0.25, -0.2) is 14.8 Å². The number of nitrogens with zero attached hydrogens (tertiary/aromatic N) is 5. The lowest BCUT2D eigenvalue weighted by Gasteiger charge is -2.32. The van der Waals surface area contributed by atoms with Gasteiger partial charge in [0.1, 0.15) is 5.82 Å². The van der Waals surface area contributed by atoms with Gasteiger partial charge in [-0.15, -0.1) is 0 Å². The predicted octanol–water partition coefficient (Wildman–Crippen LogP) is 1.41. The zero-order valence-corrected chi connectivity index (χ0v) is 18.7. The number of amides is 2. The second-order valence-corrected chi connectivity index (χ2v) is 8.49. The van der Waals surface area contributed by atoms with Crippen LogP contribution in [0.3, 0.4) is 0 Å². The Hall–Kier alpha value is -3.49. The fourth-order valence-corrected chi connectivity index (χ4v) is 4.46. The van der Waals surface area contributed by atoms with Crippen LogP contribution in [0.5, 0.6) is 0 Å². The monoisotopic (exact) mass is 436 g/mol. The van der Waals surface area contributed by atoms with Crippen LogP contribution in [0.1, 0.15) is 52.6 Å². The number of benzene rings is 1. The summed E-state index contributed by atoms with van der Waals surface area (Å²) >= 11 is 0. The third-order valence-electron chi connectivity index (χ3n) is 6.37. The van der Waals surface area contributed by atoms with Crippen LogP contribution in [0.15, 0.2) is 29.2 Å². The molecule has 3 heterocycles. The Morgan fingerprint density at radius 3 is 2.66 bits per heavy atom. The van der Waals surface area contributed by atoms with Crippen LogP contribution in [-0.2, 0) is 25.3 Å². The van der Waals surface area contributed by atoms with E-state index in [2.05, 4.69) is 9.97 Å². The molecule has 9 nitrogen and oxygen atoms in total. The lowest BCUT2D eigenvalue weighted by Crippen LogP contribution is -2.39. The second-order valence-electron chi connectivity index (χ2n) is 8.49. The van der Waals surface area contributed by atoms with Crippen molar-refractivity contribution in [3.8, 4) is 0 Å². The van der Waals surface area contributed by atoms with E-state index in [1.54, 1.807) is 30.2 Å². The van der Waals surface area contributed by atoms with Gasteiger partial charge in [0.15, 0.2) is 0 Å². The topological polar surface area (TPSA) is 116 Å². The highest BCUT2D eigenvalue weighted by Crippen LogP contribution is 2.26. The first-order chi connectivity index (χ1) is 15.3. The Bertz CT molecular complexity index is 1260. The first-order valence-electron chi connectivity index (χ1n) is 10.8. The molecule has 9 heteroatoms. The van der Waals surface area contributed by atoms with Crippen molar-refractivity contribution in [3.63, 3.8) is 0 Å². The van der Waals surface area contributed by atoms with Gasteiger partial charge in [-0.3, -0.25) is 18.7 Å². The number of rotatable bonds is 5. The van der Waals surface area contributed by atoms with Crippen LogP contribution in [0.4, 0.5) is 0 Å². The molecule has 1 aromatic carbocycles. The molecule has 1 fully saturated rings. The Labute approximate surface area is 185 Å². The predicted molar refractivity (Wildman–Crippen MR) is 120 cm³/mol. The molecule has 2 aromatic heterocycles. The summed E-state index contributed by atoms with van der Waals surface area (Å²) in [6.45, 7) is 3.04. The normalized spacial score (nSPS) is 16.5. The summed E-state index contributed by atoms with van der Waals surface area (Å²) in [5.74, 6) is 0.259. The zero-order valence-electron chi connectivity index (χ0n) is 18.7. The zero-order chi connectivity index (χ0) is 23.0. The molecule has 2 amide bonds. The quantitative estimate of drug-likeness (QED) is 0.649. The largest absolute Gasteiger partial charge is 0.365 e. The van der Waals surface area contributed by atoms with Gasteiger partial charge in [-0.2, -0.15) is 0 Å². The molecule has 0 saturated carbocycles. The van der Waals surface area contributed by atoms with E-state index in [1.807, 2.05) is 23.1 Å². The van der Waals surface area contributed by atoms with E-state index in [4.69, 9.17) is 5.73 Å². The van der Waals surface area contributed by atoms with Gasteiger partial charge in [-0.1, -0.05) is 6.07 Å². The van der Waals surface area contributed by atoms with E-state index < -0.39 is 5.91 Å². The van der Waals surface area contributed by atoms with E-state index in [-0.39, 0.29) is 17.5 Å². The molecule has 1 saturated heterocycles. The van der Waals surface area contributed by atoms with Crippen LogP contribution < -0.4 is 11.4 Å². The fraction of sp³-hybridized carbons (Fsp3) is 0.435. The van der Waals surface area contributed by atoms with Crippen molar-refractivity contribution < 1.29 is 9.59 Å². The van der Waals surface area contributed by atoms with E-state index in [0.717, 1.165) is 36.0 Å². The number of carbonyl (C=O) groups is 2. The molecule has 4 rings (SSSR count). The summed E-state index contributed by atoms with van der Waals surface area (Å²) in [6.07, 6.45) is 4.28. The van der Waals surface area contributed by atoms with Crippen molar-refractivity contribution in [1.29, 1.82) is 0 Å². The van der Waals surface area contributed by atoms with Crippen molar-refractivity contribution in [3.05, 3.63) is 57.5 Å². The van der Waals surface area contributed by atoms with Gasteiger partial charge < -0.3 is 10.6 Å². The highest BCUT2D eigenvalue weighted by molar-refractivity contribution is 5.93. The first kappa shape index (κ1) is 21.7. The number of primary amides is 1. The molecule has 0 unspecified atom stereocenters. The number of aromatic nitrogens is 4. The van der Waals surface area contributed by atoms with Gasteiger partial charge in [0.05, 0.1) is 22.3 Å². The molecule has 1 aliphatic rings. The fourth-order valence-electron chi connectivity index (χ4n) is 4.46. The summed E-state index contributed by atoms with van der Waals surface area (Å²) < 4.78 is 3.25. The number of hydrogen-bond donors (Lipinski definition) is 1. The molecular formula is C23H28N6O3. The number of aryl methyl sites for hydroxylation is 4. The number of fused-ring (bicyclic) bond motifs is 1. The molecular weight excluding hydrogens is 408 g/mol. The molecule has 168 valence electrons. The lowest BCUT2D eigenvalue weighted by molar-refractivity contribution is -0.132. The SMILES string of the molecule is Cc1nc([C@@H]2CCCN(C(=O)CCc3ccc4c(c3)n(C)c(=O)n4C)C2)ncc1C(N)=O. The molecule has 3 aromatic rings. The van der Waals surface area contributed by atoms with Crippen LogP contribution in [0, 0.1) is 6.92 Å². The average molecular weight is 437 g/mol. The Morgan fingerprint density at radius 1 is 1.19 bits per heavy atom. The molecule has 0 spiro atoms.